The Hall–Kier alpha value is 0.370. The molecule has 0 aliphatic rings. The first kappa shape index (κ1) is 49.7. The molecule has 0 heterocycles. The Bertz CT molecular complexity index is 298. The summed E-state index contributed by atoms with van der Waals surface area (Å²) >= 11 is 0. The van der Waals surface area contributed by atoms with Crippen molar-refractivity contribution >= 4 is 31.3 Å². The largest absolute Gasteiger partial charge is 4.00 e. The molecule has 24 heavy (non-hydrogen) atoms. The fourth-order valence-corrected chi connectivity index (χ4v) is 0. The minimum atomic E-state index is -5.39. The van der Waals surface area contributed by atoms with Crippen molar-refractivity contribution in [1.82, 2.24) is 0 Å². The van der Waals surface area contributed by atoms with E-state index in [0.717, 1.165) is 0 Å². The van der Waals surface area contributed by atoms with Crippen LogP contribution >= 0.6 is 31.3 Å². The van der Waals surface area contributed by atoms with Crippen LogP contribution in [0, 0.1) is 22.3 Å². The first-order chi connectivity index (χ1) is 8.00. The Morgan fingerprint density at radius 3 is 0.333 bits per heavy atom. The molecule has 0 atom stereocenters. The zero-order valence-corrected chi connectivity index (χ0v) is 13.8. The van der Waals surface area contributed by atoms with Crippen LogP contribution in [0.1, 0.15) is 0 Å². The number of rotatable bonds is 0. The SMILES string of the molecule is F.O=P([O-])([O-])[O-].O=P([O-])([O-])[O-].O=P([O-])([O-])[O-].O=P([O-])([O-])[O-].[C+4].[C+4].[C+4]. The average Bonchev–Trinajstić information content (AvgIpc) is 1.62. The molecule has 21 heteroatoms. The van der Waals surface area contributed by atoms with Gasteiger partial charge in [-0.25, -0.2) is 0 Å². The quantitative estimate of drug-likeness (QED) is 0.318. The van der Waals surface area contributed by atoms with E-state index in [2.05, 4.69) is 0 Å². The molecule has 0 aromatic carbocycles. The zero-order valence-electron chi connectivity index (χ0n) is 10.2. The second-order valence-corrected chi connectivity index (χ2v) is 5.37. The normalized spacial score (nSPS) is 9.83. The minimum Gasteiger partial charge on any atom is -0.822 e. The number of hydrogen-bond donors (Lipinski definition) is 0. The van der Waals surface area contributed by atoms with Crippen molar-refractivity contribution in [3.05, 3.63) is 22.3 Å². The molecule has 0 aromatic rings. The molecule has 0 aliphatic carbocycles. The van der Waals surface area contributed by atoms with Crippen LogP contribution in [-0.4, -0.2) is 0 Å². The van der Waals surface area contributed by atoms with Crippen LogP contribution in [0.3, 0.4) is 0 Å². The summed E-state index contributed by atoms with van der Waals surface area (Å²) in [5, 5.41) is 0. The number of hydrogen-bond acceptors (Lipinski definition) is 16. The van der Waals surface area contributed by atoms with Gasteiger partial charge in [0.15, 0.2) is 0 Å². The molecule has 0 saturated carbocycles. The van der Waals surface area contributed by atoms with Gasteiger partial charge in [-0.05, 0) is 0 Å². The Kier molecular flexibility index (Phi) is 40.8. The van der Waals surface area contributed by atoms with Gasteiger partial charge in [-0.3, -0.25) is 4.70 Å². The van der Waals surface area contributed by atoms with E-state index in [4.69, 9.17) is 77.0 Å². The van der Waals surface area contributed by atoms with E-state index < -0.39 is 31.3 Å². The molecule has 16 nitrogen and oxygen atoms in total. The molecule has 0 aromatic heterocycles. The monoisotopic (exact) mass is 436 g/mol. The van der Waals surface area contributed by atoms with Crippen LogP contribution in [0.4, 0.5) is 4.70 Å². The van der Waals surface area contributed by atoms with Gasteiger partial charge in [0.2, 0.25) is 0 Å². The van der Waals surface area contributed by atoms with Gasteiger partial charge in [0.1, 0.15) is 0 Å². The molecule has 0 N–H and O–H groups in total. The summed E-state index contributed by atoms with van der Waals surface area (Å²) in [5.41, 5.74) is 0. The van der Waals surface area contributed by atoms with Crippen molar-refractivity contribution in [1.29, 1.82) is 0 Å². The summed E-state index contributed by atoms with van der Waals surface area (Å²) in [7, 11) is -21.6. The van der Waals surface area contributed by atoms with Crippen molar-refractivity contribution in [2.24, 2.45) is 0 Å². The molecule has 0 amide bonds. The fraction of sp³-hybridized carbons (Fsp3) is 0. The van der Waals surface area contributed by atoms with Crippen LogP contribution in [0.2, 0.25) is 0 Å². The minimum absolute atomic E-state index is 0. The van der Waals surface area contributed by atoms with E-state index in [0.29, 0.717) is 0 Å². The van der Waals surface area contributed by atoms with E-state index in [1.54, 1.807) is 0 Å². The molecule has 0 fully saturated rings. The Labute approximate surface area is 136 Å². The van der Waals surface area contributed by atoms with E-state index >= 15 is 0 Å². The van der Waals surface area contributed by atoms with Gasteiger partial charge in [0.05, 0.1) is 0 Å². The van der Waals surface area contributed by atoms with Gasteiger partial charge in [-0.2, -0.15) is 31.3 Å². The van der Waals surface area contributed by atoms with E-state index in [1.165, 1.54) is 0 Å². The molecule has 0 radical (unpaired) electrons. The van der Waals surface area contributed by atoms with Crippen LogP contribution in [-0.2, 0) is 18.3 Å². The van der Waals surface area contributed by atoms with Crippen molar-refractivity contribution in [3.8, 4) is 0 Å². The molecule has 0 saturated heterocycles. The predicted molar refractivity (Wildman–Crippen MR) is 42.7 cm³/mol. The summed E-state index contributed by atoms with van der Waals surface area (Å²) in [5.74, 6) is 0. The maximum Gasteiger partial charge on any atom is 4.00 e. The Morgan fingerprint density at radius 2 is 0.333 bits per heavy atom. The molecule has 136 valence electrons. The molecular weight excluding hydrogens is 435 g/mol. The fourth-order valence-electron chi connectivity index (χ4n) is 0. The predicted octanol–water partition coefficient (Wildman–Crippen LogP) is -10.9. The van der Waals surface area contributed by atoms with Gasteiger partial charge in [-0.1, -0.05) is 0 Å². The standard InChI is InChI=1S/3C.FH.4H3O4P/c;;;;4*1-5(2,3)4/h;;;1H;4*(H3,1,2,3,4)/q3*+4;;;;;/p-12. The third-order valence-electron chi connectivity index (χ3n) is 0. The molecular formula is C3HFO16P4. The smallest absolute Gasteiger partial charge is 0.822 e. The van der Waals surface area contributed by atoms with Crippen molar-refractivity contribution in [2.45, 2.75) is 0 Å². The third-order valence-corrected chi connectivity index (χ3v) is 0. The van der Waals surface area contributed by atoms with Crippen molar-refractivity contribution in [3.63, 3.8) is 0 Å². The first-order valence-electron chi connectivity index (χ1n) is 2.92. The van der Waals surface area contributed by atoms with Gasteiger partial charge < -0.3 is 77.0 Å². The average molecular weight is 436 g/mol. The van der Waals surface area contributed by atoms with Gasteiger partial charge >= 0.3 is 22.3 Å². The maximum absolute atomic E-state index is 8.55. The summed E-state index contributed by atoms with van der Waals surface area (Å²) in [6, 6.07) is 0. The first-order valence-corrected chi connectivity index (χ1v) is 8.76. The molecule has 0 unspecified atom stereocenters. The van der Waals surface area contributed by atoms with Gasteiger partial charge in [-0.15, -0.1) is 0 Å². The molecule has 0 bridgehead atoms. The van der Waals surface area contributed by atoms with Crippen LogP contribution < -0.4 is 58.7 Å². The van der Waals surface area contributed by atoms with Crippen LogP contribution in [0.25, 0.3) is 0 Å². The zero-order chi connectivity index (χ0) is 18.0. The summed E-state index contributed by atoms with van der Waals surface area (Å²) in [4.78, 5) is 103. The maximum atomic E-state index is 8.55. The second kappa shape index (κ2) is 19.7. The summed E-state index contributed by atoms with van der Waals surface area (Å²) < 4.78 is 34.2. The van der Waals surface area contributed by atoms with Crippen LogP contribution in [0.15, 0.2) is 0 Å². The second-order valence-electron chi connectivity index (χ2n) is 1.79. The van der Waals surface area contributed by atoms with Crippen molar-refractivity contribution < 1.29 is 81.7 Å². The summed E-state index contributed by atoms with van der Waals surface area (Å²) in [6.45, 7) is 0. The Balaban J connectivity index is -0.0000000225. The number of halogens is 1. The van der Waals surface area contributed by atoms with Crippen molar-refractivity contribution in [2.75, 3.05) is 0 Å². The van der Waals surface area contributed by atoms with E-state index in [-0.39, 0.29) is 27.0 Å². The molecule has 0 aliphatic heterocycles. The van der Waals surface area contributed by atoms with Gasteiger partial charge in [0.25, 0.3) is 0 Å². The molecule has 0 rings (SSSR count). The third kappa shape index (κ3) is 74600. The van der Waals surface area contributed by atoms with Crippen LogP contribution in [0.5, 0.6) is 0 Å². The topological polar surface area (TPSA) is 345 Å². The number of phosphoric acid groups is 4. The van der Waals surface area contributed by atoms with E-state index in [9.17, 15) is 0 Å². The van der Waals surface area contributed by atoms with E-state index in [1.807, 2.05) is 0 Å². The van der Waals surface area contributed by atoms with Gasteiger partial charge in [0, 0.05) is 0 Å². The summed E-state index contributed by atoms with van der Waals surface area (Å²) in [6.07, 6.45) is 0. The Morgan fingerprint density at radius 1 is 0.333 bits per heavy atom. The molecule has 0 spiro atoms.